The molecule has 1 amide bonds. The second kappa shape index (κ2) is 6.20. The third-order valence-corrected chi connectivity index (χ3v) is 4.15. The third-order valence-electron chi connectivity index (χ3n) is 2.75. The number of carbonyl (C=O) groups is 1. The quantitative estimate of drug-likeness (QED) is 0.762. The number of nitrogens with one attached hydrogen (secondary N) is 1. The molecule has 0 bridgehead atoms. The third kappa shape index (κ3) is 4.49. The number of hydrogen-bond donors (Lipinski definition) is 1. The van der Waals surface area contributed by atoms with Gasteiger partial charge in [-0.15, -0.1) is 0 Å². The van der Waals surface area contributed by atoms with Crippen molar-refractivity contribution >= 4 is 15.9 Å². The van der Waals surface area contributed by atoms with E-state index in [2.05, 4.69) is 4.72 Å². The zero-order valence-corrected chi connectivity index (χ0v) is 10.6. The maximum Gasteiger partial charge on any atom is 0.223 e. The number of hydrogen-bond acceptors (Lipinski definition) is 3. The Labute approximate surface area is 97.2 Å². The highest BCUT2D eigenvalue weighted by molar-refractivity contribution is 7.89. The number of carbonyl (C=O) groups excluding carboxylic acids is 1. The molecule has 0 spiro atoms. The number of nitrogens with zero attached hydrogens (tertiary/aromatic N) is 1. The van der Waals surface area contributed by atoms with Gasteiger partial charge in [0.25, 0.3) is 0 Å². The van der Waals surface area contributed by atoms with Crippen LogP contribution in [-0.2, 0) is 14.8 Å². The van der Waals surface area contributed by atoms with Crippen LogP contribution in [0.15, 0.2) is 0 Å². The number of likely N-dealkylation sites (tertiary alicyclic amines) is 1. The molecule has 16 heavy (non-hydrogen) atoms. The minimum atomic E-state index is -3.17. The second-order valence-electron chi connectivity index (χ2n) is 3.99. The molecule has 1 rings (SSSR count). The van der Waals surface area contributed by atoms with Gasteiger partial charge in [-0.3, -0.25) is 4.79 Å². The Morgan fingerprint density at radius 3 is 2.44 bits per heavy atom. The standard InChI is InChI=1S/C10H20N2O3S/c1-2-16(14,15)11-7-6-10(13)12-8-4-3-5-9-12/h11H,2-9H2,1H3. The lowest BCUT2D eigenvalue weighted by Crippen LogP contribution is -2.38. The van der Waals surface area contributed by atoms with Crippen LogP contribution in [0.25, 0.3) is 0 Å². The molecule has 0 aromatic rings. The first-order chi connectivity index (χ1) is 7.55. The molecule has 1 N–H and O–H groups in total. The fraction of sp³-hybridized carbons (Fsp3) is 0.900. The fourth-order valence-electron chi connectivity index (χ4n) is 1.72. The van der Waals surface area contributed by atoms with Crippen LogP contribution >= 0.6 is 0 Å². The van der Waals surface area contributed by atoms with Crippen LogP contribution in [0.3, 0.4) is 0 Å². The SMILES string of the molecule is CCS(=O)(=O)NCCC(=O)N1CCCCC1. The molecule has 0 unspecified atom stereocenters. The molecule has 5 nitrogen and oxygen atoms in total. The summed E-state index contributed by atoms with van der Waals surface area (Å²) in [4.78, 5) is 13.5. The fourth-order valence-corrected chi connectivity index (χ4v) is 2.33. The first kappa shape index (κ1) is 13.4. The van der Waals surface area contributed by atoms with Crippen molar-refractivity contribution in [3.05, 3.63) is 0 Å². The van der Waals surface area contributed by atoms with E-state index in [0.29, 0.717) is 0 Å². The van der Waals surface area contributed by atoms with Crippen molar-refractivity contribution in [2.45, 2.75) is 32.6 Å². The molecule has 1 aliphatic heterocycles. The summed E-state index contributed by atoms with van der Waals surface area (Å²) < 4.78 is 24.6. The second-order valence-corrected chi connectivity index (χ2v) is 6.08. The summed E-state index contributed by atoms with van der Waals surface area (Å²) in [5.41, 5.74) is 0. The lowest BCUT2D eigenvalue weighted by Gasteiger charge is -2.26. The molecule has 94 valence electrons. The zero-order chi connectivity index (χ0) is 12.0. The van der Waals surface area contributed by atoms with E-state index < -0.39 is 10.0 Å². The number of rotatable bonds is 5. The number of amides is 1. The molecule has 0 atom stereocenters. The molecule has 1 heterocycles. The van der Waals surface area contributed by atoms with Crippen LogP contribution in [0, 0.1) is 0 Å². The van der Waals surface area contributed by atoms with Gasteiger partial charge in [-0.05, 0) is 26.2 Å². The van der Waals surface area contributed by atoms with Gasteiger partial charge < -0.3 is 4.90 Å². The van der Waals surface area contributed by atoms with E-state index in [9.17, 15) is 13.2 Å². The largest absolute Gasteiger partial charge is 0.343 e. The lowest BCUT2D eigenvalue weighted by atomic mass is 10.1. The van der Waals surface area contributed by atoms with Gasteiger partial charge in [0.1, 0.15) is 0 Å². The Morgan fingerprint density at radius 2 is 1.88 bits per heavy atom. The van der Waals surface area contributed by atoms with Crippen LogP contribution in [0.1, 0.15) is 32.6 Å². The average Bonchev–Trinajstić information content (AvgIpc) is 2.30. The van der Waals surface area contributed by atoms with Crippen molar-refractivity contribution in [2.75, 3.05) is 25.4 Å². The van der Waals surface area contributed by atoms with E-state index in [0.717, 1.165) is 25.9 Å². The van der Waals surface area contributed by atoms with E-state index in [1.807, 2.05) is 4.90 Å². The Balaban J connectivity index is 2.24. The van der Waals surface area contributed by atoms with Crippen molar-refractivity contribution < 1.29 is 13.2 Å². The Morgan fingerprint density at radius 1 is 1.25 bits per heavy atom. The van der Waals surface area contributed by atoms with E-state index >= 15 is 0 Å². The molecule has 6 heteroatoms. The molecular weight excluding hydrogens is 228 g/mol. The predicted octanol–water partition coefficient (Wildman–Crippen LogP) is 0.328. The lowest BCUT2D eigenvalue weighted by molar-refractivity contribution is -0.131. The average molecular weight is 248 g/mol. The van der Waals surface area contributed by atoms with Crippen LogP contribution in [0.4, 0.5) is 0 Å². The monoisotopic (exact) mass is 248 g/mol. The van der Waals surface area contributed by atoms with E-state index in [1.54, 1.807) is 6.92 Å². The summed E-state index contributed by atoms with van der Waals surface area (Å²) in [5, 5.41) is 0. The Bertz CT molecular complexity index is 321. The van der Waals surface area contributed by atoms with Gasteiger partial charge in [-0.25, -0.2) is 13.1 Å². The van der Waals surface area contributed by atoms with Crippen molar-refractivity contribution in [2.24, 2.45) is 0 Å². The van der Waals surface area contributed by atoms with Crippen molar-refractivity contribution in [1.29, 1.82) is 0 Å². The first-order valence-electron chi connectivity index (χ1n) is 5.80. The van der Waals surface area contributed by atoms with E-state index in [1.165, 1.54) is 6.42 Å². The summed E-state index contributed by atoms with van der Waals surface area (Å²) in [6.45, 7) is 3.43. The van der Waals surface area contributed by atoms with Gasteiger partial charge in [0, 0.05) is 26.1 Å². The van der Waals surface area contributed by atoms with Gasteiger partial charge >= 0.3 is 0 Å². The minimum Gasteiger partial charge on any atom is -0.343 e. The molecule has 1 fully saturated rings. The summed E-state index contributed by atoms with van der Waals surface area (Å²) in [7, 11) is -3.17. The molecule has 0 aromatic heterocycles. The normalized spacial score (nSPS) is 17.4. The van der Waals surface area contributed by atoms with Crippen LogP contribution in [0.2, 0.25) is 0 Å². The summed E-state index contributed by atoms with van der Waals surface area (Å²) in [5.74, 6) is 0.115. The maximum atomic E-state index is 11.7. The van der Waals surface area contributed by atoms with Crippen molar-refractivity contribution in [3.8, 4) is 0 Å². The molecule has 0 aliphatic carbocycles. The summed E-state index contributed by atoms with van der Waals surface area (Å²) in [6.07, 6.45) is 3.57. The Hall–Kier alpha value is -0.620. The minimum absolute atomic E-state index is 0.0542. The van der Waals surface area contributed by atoms with Crippen molar-refractivity contribution in [3.63, 3.8) is 0 Å². The van der Waals surface area contributed by atoms with Gasteiger partial charge in [-0.1, -0.05) is 0 Å². The van der Waals surface area contributed by atoms with E-state index in [-0.39, 0.29) is 24.6 Å². The topological polar surface area (TPSA) is 66.5 Å². The molecule has 1 saturated heterocycles. The number of piperidine rings is 1. The Kier molecular flexibility index (Phi) is 5.21. The molecule has 1 aliphatic rings. The van der Waals surface area contributed by atoms with Crippen LogP contribution in [-0.4, -0.2) is 44.6 Å². The highest BCUT2D eigenvalue weighted by atomic mass is 32.2. The van der Waals surface area contributed by atoms with Gasteiger partial charge in [0.15, 0.2) is 0 Å². The highest BCUT2D eigenvalue weighted by Gasteiger charge is 2.16. The molecule has 0 saturated carbocycles. The van der Waals surface area contributed by atoms with Gasteiger partial charge in [-0.2, -0.15) is 0 Å². The smallest absolute Gasteiger partial charge is 0.223 e. The van der Waals surface area contributed by atoms with Crippen LogP contribution < -0.4 is 4.72 Å². The number of sulfonamides is 1. The first-order valence-corrected chi connectivity index (χ1v) is 7.45. The zero-order valence-electron chi connectivity index (χ0n) is 9.74. The van der Waals surface area contributed by atoms with Crippen molar-refractivity contribution in [1.82, 2.24) is 9.62 Å². The summed E-state index contributed by atoms with van der Waals surface area (Å²) in [6, 6.07) is 0. The van der Waals surface area contributed by atoms with Gasteiger partial charge in [0.05, 0.1) is 5.75 Å². The van der Waals surface area contributed by atoms with Crippen LogP contribution in [0.5, 0.6) is 0 Å². The predicted molar refractivity (Wildman–Crippen MR) is 62.5 cm³/mol. The maximum absolute atomic E-state index is 11.7. The summed E-state index contributed by atoms with van der Waals surface area (Å²) >= 11 is 0. The molecular formula is C10H20N2O3S. The highest BCUT2D eigenvalue weighted by Crippen LogP contribution is 2.09. The van der Waals surface area contributed by atoms with E-state index in [4.69, 9.17) is 0 Å². The molecule has 0 radical (unpaired) electrons. The molecule has 0 aromatic carbocycles. The van der Waals surface area contributed by atoms with Gasteiger partial charge in [0.2, 0.25) is 15.9 Å².